The zero-order valence-corrected chi connectivity index (χ0v) is 12.2. The molecule has 2 rings (SSSR count). The number of hydrogen-bond donors (Lipinski definition) is 3. The quantitative estimate of drug-likeness (QED) is 0.611. The minimum Gasteiger partial charge on any atom is -0.493 e. The van der Waals surface area contributed by atoms with Gasteiger partial charge in [0, 0.05) is 0 Å². The average Bonchev–Trinajstić information content (AvgIpc) is 2.80. The first-order chi connectivity index (χ1) is 10.4. The second-order valence-corrected chi connectivity index (χ2v) is 4.90. The number of methoxy groups -OCH3 is 2. The van der Waals surface area contributed by atoms with Crippen LogP contribution in [0.2, 0.25) is 0 Å². The Labute approximate surface area is 126 Å². The lowest BCUT2D eigenvalue weighted by Crippen LogP contribution is -2.48. The number of carbonyl (C=O) groups is 1. The van der Waals surface area contributed by atoms with E-state index in [0.29, 0.717) is 11.5 Å². The maximum atomic E-state index is 12.0. The highest BCUT2D eigenvalue weighted by Gasteiger charge is 2.48. The van der Waals surface area contributed by atoms with Crippen molar-refractivity contribution in [2.45, 2.75) is 18.0 Å². The van der Waals surface area contributed by atoms with E-state index in [0.717, 1.165) is 0 Å². The van der Waals surface area contributed by atoms with Gasteiger partial charge in [0.2, 0.25) is 0 Å². The molecule has 0 saturated carbocycles. The molecule has 8 nitrogen and oxygen atoms in total. The Morgan fingerprint density at radius 2 is 2.00 bits per heavy atom. The van der Waals surface area contributed by atoms with Crippen LogP contribution in [0.3, 0.4) is 0 Å². The summed E-state index contributed by atoms with van der Waals surface area (Å²) in [6.45, 7) is -0.854. The van der Waals surface area contributed by atoms with Gasteiger partial charge in [-0.05, 0) is 18.2 Å². The topological polar surface area (TPSA) is 115 Å². The predicted octanol–water partition coefficient (Wildman–Crippen LogP) is -0.699. The fourth-order valence-corrected chi connectivity index (χ4v) is 2.04. The number of hydrogen-bond acceptors (Lipinski definition) is 8. The van der Waals surface area contributed by atoms with Crippen molar-refractivity contribution in [1.29, 1.82) is 0 Å². The third kappa shape index (κ3) is 3.14. The molecule has 1 heterocycles. The van der Waals surface area contributed by atoms with Crippen LogP contribution >= 0.6 is 0 Å². The highest BCUT2D eigenvalue weighted by molar-refractivity contribution is 5.90. The van der Waals surface area contributed by atoms with Crippen molar-refractivity contribution in [2.24, 2.45) is 0 Å². The smallest absolute Gasteiger partial charge is 0.338 e. The fraction of sp³-hybridized carbons (Fsp3) is 0.500. The van der Waals surface area contributed by atoms with E-state index < -0.39 is 30.6 Å². The number of benzene rings is 1. The normalized spacial score (nSPS) is 27.5. The van der Waals surface area contributed by atoms with Crippen LogP contribution in [0, 0.1) is 0 Å². The molecule has 1 aliphatic heterocycles. The summed E-state index contributed by atoms with van der Waals surface area (Å²) < 4.78 is 19.8. The third-order valence-electron chi connectivity index (χ3n) is 3.40. The average molecular weight is 314 g/mol. The maximum Gasteiger partial charge on any atom is 0.338 e. The Morgan fingerprint density at radius 1 is 1.32 bits per heavy atom. The van der Waals surface area contributed by atoms with Gasteiger partial charge in [-0.3, -0.25) is 0 Å². The van der Waals surface area contributed by atoms with Gasteiger partial charge < -0.3 is 34.3 Å². The molecule has 0 amide bonds. The largest absolute Gasteiger partial charge is 0.493 e. The summed E-state index contributed by atoms with van der Waals surface area (Å²) in [4.78, 5) is 12.0. The first-order valence-corrected chi connectivity index (χ1v) is 6.50. The van der Waals surface area contributed by atoms with E-state index in [-0.39, 0.29) is 12.2 Å². The molecule has 0 aromatic heterocycles. The number of aliphatic hydroxyl groups excluding tert-OH is 2. The highest BCUT2D eigenvalue weighted by Crippen LogP contribution is 2.28. The van der Waals surface area contributed by atoms with Gasteiger partial charge in [-0.1, -0.05) is 0 Å². The molecule has 3 N–H and O–H groups in total. The molecule has 1 aliphatic rings. The lowest BCUT2D eigenvalue weighted by molar-refractivity contribution is -0.129. The van der Waals surface area contributed by atoms with Crippen molar-refractivity contribution in [3.63, 3.8) is 0 Å². The van der Waals surface area contributed by atoms with Gasteiger partial charge in [-0.15, -0.1) is 0 Å². The van der Waals surface area contributed by atoms with Crippen molar-refractivity contribution in [3.05, 3.63) is 23.8 Å². The summed E-state index contributed by atoms with van der Waals surface area (Å²) in [5, 5.41) is 28.9. The molecule has 1 aromatic carbocycles. The molecule has 3 atom stereocenters. The molecule has 0 unspecified atom stereocenters. The van der Waals surface area contributed by atoms with Crippen LogP contribution in [0.4, 0.5) is 0 Å². The van der Waals surface area contributed by atoms with Gasteiger partial charge in [0.15, 0.2) is 23.4 Å². The summed E-state index contributed by atoms with van der Waals surface area (Å²) >= 11 is 0. The molecule has 0 bridgehead atoms. The molecule has 1 saturated heterocycles. The van der Waals surface area contributed by atoms with Gasteiger partial charge in [0.05, 0.1) is 26.4 Å². The zero-order chi connectivity index (χ0) is 16.3. The first-order valence-electron chi connectivity index (χ1n) is 6.50. The summed E-state index contributed by atoms with van der Waals surface area (Å²) in [5.74, 6) is 0.0960. The number of esters is 1. The second kappa shape index (κ2) is 6.49. The van der Waals surface area contributed by atoms with Crippen molar-refractivity contribution in [2.75, 3.05) is 27.4 Å². The van der Waals surface area contributed by atoms with E-state index in [1.54, 1.807) is 6.07 Å². The fourth-order valence-electron chi connectivity index (χ4n) is 2.04. The van der Waals surface area contributed by atoms with Crippen molar-refractivity contribution >= 4 is 5.97 Å². The Kier molecular flexibility index (Phi) is 4.87. The standard InChI is InChI=1S/C14H18O8/c1-19-9-4-3-8(5-10(9)20-2)12(16)21-6-14(18)7-22-13(17)11(14)15/h3-5,11,13,15,17-18H,6-7H2,1-2H3/t11-,13+,14+/m0/s1. The van der Waals surface area contributed by atoms with Crippen LogP contribution in [0.5, 0.6) is 11.5 Å². The van der Waals surface area contributed by atoms with Crippen molar-refractivity contribution in [1.82, 2.24) is 0 Å². The highest BCUT2D eigenvalue weighted by atomic mass is 16.6. The van der Waals surface area contributed by atoms with Crippen LogP contribution in [-0.4, -0.2) is 66.7 Å². The van der Waals surface area contributed by atoms with Crippen LogP contribution < -0.4 is 9.47 Å². The molecule has 0 radical (unpaired) electrons. The van der Waals surface area contributed by atoms with E-state index in [4.69, 9.17) is 18.9 Å². The van der Waals surface area contributed by atoms with Crippen LogP contribution in [0.15, 0.2) is 18.2 Å². The Bertz CT molecular complexity index is 546. The molecule has 0 spiro atoms. The summed E-state index contributed by atoms with van der Waals surface area (Å²) in [6.07, 6.45) is -3.06. The molecule has 22 heavy (non-hydrogen) atoms. The summed E-state index contributed by atoms with van der Waals surface area (Å²) in [6, 6.07) is 4.45. The van der Waals surface area contributed by atoms with Crippen molar-refractivity contribution < 1.29 is 39.1 Å². The van der Waals surface area contributed by atoms with Crippen LogP contribution in [0.25, 0.3) is 0 Å². The molecule has 1 fully saturated rings. The second-order valence-electron chi connectivity index (χ2n) is 4.90. The monoisotopic (exact) mass is 314 g/mol. The zero-order valence-electron chi connectivity index (χ0n) is 12.2. The van der Waals surface area contributed by atoms with Gasteiger partial charge >= 0.3 is 5.97 Å². The lowest BCUT2D eigenvalue weighted by atomic mass is 10.0. The molecule has 8 heteroatoms. The van der Waals surface area contributed by atoms with E-state index in [1.807, 2.05) is 0 Å². The molecular weight excluding hydrogens is 296 g/mol. The number of carbonyl (C=O) groups excluding carboxylic acids is 1. The summed E-state index contributed by atoms with van der Waals surface area (Å²) in [7, 11) is 2.90. The third-order valence-corrected chi connectivity index (χ3v) is 3.40. The Hall–Kier alpha value is -1.87. The number of rotatable bonds is 5. The lowest BCUT2D eigenvalue weighted by Gasteiger charge is -2.24. The SMILES string of the molecule is COc1ccc(C(=O)OC[C@@]2(O)CO[C@@H](O)[C@@H]2O)cc1OC. The van der Waals surface area contributed by atoms with Gasteiger partial charge in [0.25, 0.3) is 0 Å². The minimum absolute atomic E-state index is 0.190. The first kappa shape index (κ1) is 16.5. The minimum atomic E-state index is -1.84. The van der Waals surface area contributed by atoms with E-state index in [2.05, 4.69) is 0 Å². The van der Waals surface area contributed by atoms with Gasteiger partial charge in [-0.25, -0.2) is 4.79 Å². The Morgan fingerprint density at radius 3 is 2.55 bits per heavy atom. The van der Waals surface area contributed by atoms with E-state index >= 15 is 0 Å². The van der Waals surface area contributed by atoms with Gasteiger partial charge in [-0.2, -0.15) is 0 Å². The number of ether oxygens (including phenoxy) is 4. The molecular formula is C14H18O8. The molecule has 0 aliphatic carbocycles. The van der Waals surface area contributed by atoms with Crippen molar-refractivity contribution in [3.8, 4) is 11.5 Å². The van der Waals surface area contributed by atoms with E-state index in [9.17, 15) is 20.1 Å². The van der Waals surface area contributed by atoms with E-state index in [1.165, 1.54) is 26.4 Å². The molecule has 1 aromatic rings. The molecule has 122 valence electrons. The summed E-state index contributed by atoms with van der Waals surface area (Å²) in [5.41, 5.74) is -1.65. The number of aliphatic hydroxyl groups is 3. The van der Waals surface area contributed by atoms with Crippen LogP contribution in [0.1, 0.15) is 10.4 Å². The van der Waals surface area contributed by atoms with Gasteiger partial charge in [0.1, 0.15) is 12.7 Å². The Balaban J connectivity index is 2.04. The maximum absolute atomic E-state index is 12.0. The predicted molar refractivity (Wildman–Crippen MR) is 72.7 cm³/mol. The van der Waals surface area contributed by atoms with Crippen LogP contribution in [-0.2, 0) is 9.47 Å².